The summed E-state index contributed by atoms with van der Waals surface area (Å²) in [5.41, 5.74) is 1.72. The van der Waals surface area contributed by atoms with Crippen LogP contribution in [0, 0.1) is 19.3 Å². The van der Waals surface area contributed by atoms with Crippen molar-refractivity contribution in [3.05, 3.63) is 28.3 Å². The topological polar surface area (TPSA) is 49.4 Å². The number of rotatable bonds is 4. The van der Waals surface area contributed by atoms with Crippen molar-refractivity contribution in [2.45, 2.75) is 65.3 Å². The van der Waals surface area contributed by atoms with Gasteiger partial charge in [0, 0.05) is 12.6 Å². The Kier molecular flexibility index (Phi) is 5.10. The minimum absolute atomic E-state index is 0.0115. The number of halogens is 1. The summed E-state index contributed by atoms with van der Waals surface area (Å²) < 4.78 is 0. The van der Waals surface area contributed by atoms with Crippen molar-refractivity contribution in [3.8, 4) is 0 Å². The van der Waals surface area contributed by atoms with Gasteiger partial charge >= 0.3 is 0 Å². The molecule has 1 unspecified atom stereocenters. The number of amides is 2. The highest BCUT2D eigenvalue weighted by Gasteiger charge is 2.58. The van der Waals surface area contributed by atoms with Gasteiger partial charge < -0.3 is 10.2 Å². The summed E-state index contributed by atoms with van der Waals surface area (Å²) in [5, 5.41) is 3.47. The van der Waals surface area contributed by atoms with E-state index in [4.69, 9.17) is 11.6 Å². The number of benzene rings is 1. The van der Waals surface area contributed by atoms with Crippen molar-refractivity contribution in [2.75, 3.05) is 11.9 Å². The fourth-order valence-corrected chi connectivity index (χ4v) is 4.31. The standard InChI is InChI=1S/C20H27ClN2O2/c1-4-15-7-5-6-10-23(15)19(25)20(8-9-20)18(24)22-17-14(3)11-13(2)12-16(17)21/h11-12,15H,4-10H2,1-3H3,(H,22,24). The van der Waals surface area contributed by atoms with E-state index in [1.54, 1.807) is 0 Å². The molecular weight excluding hydrogens is 336 g/mol. The molecule has 1 N–H and O–H groups in total. The monoisotopic (exact) mass is 362 g/mol. The van der Waals surface area contributed by atoms with Gasteiger partial charge in [0.15, 0.2) is 0 Å². The van der Waals surface area contributed by atoms with Crippen molar-refractivity contribution in [1.82, 2.24) is 4.90 Å². The van der Waals surface area contributed by atoms with Crippen LogP contribution in [0.5, 0.6) is 0 Å². The van der Waals surface area contributed by atoms with Crippen molar-refractivity contribution in [2.24, 2.45) is 5.41 Å². The van der Waals surface area contributed by atoms with E-state index in [1.165, 1.54) is 6.42 Å². The average Bonchev–Trinajstić information content (AvgIpc) is 3.39. The summed E-state index contributed by atoms with van der Waals surface area (Å²) >= 11 is 6.31. The summed E-state index contributed by atoms with van der Waals surface area (Å²) in [5.74, 6) is -0.191. The summed E-state index contributed by atoms with van der Waals surface area (Å²) in [6.45, 7) is 6.79. The molecule has 1 saturated carbocycles. The van der Waals surface area contributed by atoms with Crippen LogP contribution in [0.15, 0.2) is 12.1 Å². The number of likely N-dealkylation sites (tertiary alicyclic amines) is 1. The lowest BCUT2D eigenvalue weighted by molar-refractivity contribution is -0.145. The molecule has 3 rings (SSSR count). The molecule has 136 valence electrons. The molecule has 4 nitrogen and oxygen atoms in total. The maximum Gasteiger partial charge on any atom is 0.240 e. The first-order chi connectivity index (χ1) is 11.9. The van der Waals surface area contributed by atoms with E-state index in [2.05, 4.69) is 12.2 Å². The molecule has 0 spiro atoms. The van der Waals surface area contributed by atoms with Crippen LogP contribution in [0.2, 0.25) is 5.02 Å². The lowest BCUT2D eigenvalue weighted by atomic mass is 9.95. The molecule has 0 bridgehead atoms. The largest absolute Gasteiger partial charge is 0.339 e. The Labute approximate surface area is 154 Å². The van der Waals surface area contributed by atoms with Gasteiger partial charge in [0.2, 0.25) is 11.8 Å². The molecule has 1 saturated heterocycles. The highest BCUT2D eigenvalue weighted by Crippen LogP contribution is 2.49. The Morgan fingerprint density at radius 3 is 2.60 bits per heavy atom. The van der Waals surface area contributed by atoms with Gasteiger partial charge in [0.05, 0.1) is 10.7 Å². The van der Waals surface area contributed by atoms with Crippen LogP contribution in [-0.4, -0.2) is 29.3 Å². The van der Waals surface area contributed by atoms with Gasteiger partial charge in [-0.1, -0.05) is 24.6 Å². The minimum atomic E-state index is -0.884. The molecule has 1 atom stereocenters. The molecule has 0 aromatic heterocycles. The predicted octanol–water partition coefficient (Wildman–Crippen LogP) is 4.47. The van der Waals surface area contributed by atoms with E-state index in [0.29, 0.717) is 23.6 Å². The predicted molar refractivity (Wildman–Crippen MR) is 101 cm³/mol. The first-order valence-electron chi connectivity index (χ1n) is 9.28. The average molecular weight is 363 g/mol. The zero-order valence-electron chi connectivity index (χ0n) is 15.3. The molecule has 2 fully saturated rings. The van der Waals surface area contributed by atoms with Crippen LogP contribution in [0.25, 0.3) is 0 Å². The molecule has 0 radical (unpaired) electrons. The Hall–Kier alpha value is -1.55. The normalized spacial score (nSPS) is 21.8. The number of aryl methyl sites for hydroxylation is 2. The second-order valence-electron chi connectivity index (χ2n) is 7.53. The molecular formula is C20H27ClN2O2. The second kappa shape index (κ2) is 6.99. The molecule has 1 aliphatic carbocycles. The molecule has 1 aliphatic heterocycles. The third-order valence-electron chi connectivity index (χ3n) is 5.62. The molecule has 1 heterocycles. The lowest BCUT2D eigenvalue weighted by Crippen LogP contribution is -2.49. The maximum atomic E-state index is 13.1. The third-order valence-corrected chi connectivity index (χ3v) is 5.92. The summed E-state index contributed by atoms with van der Waals surface area (Å²) in [6, 6.07) is 4.10. The Morgan fingerprint density at radius 1 is 1.28 bits per heavy atom. The highest BCUT2D eigenvalue weighted by molar-refractivity contribution is 6.34. The number of piperidine rings is 1. The lowest BCUT2D eigenvalue weighted by Gasteiger charge is -2.37. The zero-order chi connectivity index (χ0) is 18.2. The van der Waals surface area contributed by atoms with Gasteiger partial charge in [-0.3, -0.25) is 9.59 Å². The molecule has 25 heavy (non-hydrogen) atoms. The SMILES string of the molecule is CCC1CCCCN1C(=O)C1(C(=O)Nc2c(C)cc(C)cc2Cl)CC1. The van der Waals surface area contributed by atoms with E-state index >= 15 is 0 Å². The van der Waals surface area contributed by atoms with Gasteiger partial charge in [0.25, 0.3) is 0 Å². The van der Waals surface area contributed by atoms with Crippen molar-refractivity contribution in [3.63, 3.8) is 0 Å². The van der Waals surface area contributed by atoms with Gasteiger partial charge in [0.1, 0.15) is 5.41 Å². The van der Waals surface area contributed by atoms with Crippen LogP contribution in [-0.2, 0) is 9.59 Å². The highest BCUT2D eigenvalue weighted by atomic mass is 35.5. The number of nitrogens with zero attached hydrogens (tertiary/aromatic N) is 1. The minimum Gasteiger partial charge on any atom is -0.339 e. The van der Waals surface area contributed by atoms with Crippen molar-refractivity contribution >= 4 is 29.1 Å². The summed E-state index contributed by atoms with van der Waals surface area (Å²) in [7, 11) is 0. The quantitative estimate of drug-likeness (QED) is 0.803. The van der Waals surface area contributed by atoms with Gasteiger partial charge in [-0.05, 0) is 69.6 Å². The van der Waals surface area contributed by atoms with Gasteiger partial charge in [-0.2, -0.15) is 0 Å². The van der Waals surface area contributed by atoms with Crippen molar-refractivity contribution < 1.29 is 9.59 Å². The van der Waals surface area contributed by atoms with E-state index in [-0.39, 0.29) is 17.9 Å². The van der Waals surface area contributed by atoms with Crippen LogP contribution in [0.4, 0.5) is 5.69 Å². The van der Waals surface area contributed by atoms with E-state index < -0.39 is 5.41 Å². The Bertz CT molecular complexity index is 674. The van der Waals surface area contributed by atoms with Crippen LogP contribution in [0.3, 0.4) is 0 Å². The number of nitrogens with one attached hydrogen (secondary N) is 1. The smallest absolute Gasteiger partial charge is 0.240 e. The third kappa shape index (κ3) is 3.41. The fourth-order valence-electron chi connectivity index (χ4n) is 3.94. The summed E-state index contributed by atoms with van der Waals surface area (Å²) in [6.07, 6.45) is 5.46. The number of carbonyl (C=O) groups excluding carboxylic acids is 2. The van der Waals surface area contributed by atoms with Crippen molar-refractivity contribution in [1.29, 1.82) is 0 Å². The van der Waals surface area contributed by atoms with Gasteiger partial charge in [-0.25, -0.2) is 0 Å². The zero-order valence-corrected chi connectivity index (χ0v) is 16.1. The van der Waals surface area contributed by atoms with Crippen LogP contribution in [0.1, 0.15) is 56.6 Å². The molecule has 5 heteroatoms. The Balaban J connectivity index is 1.79. The van der Waals surface area contributed by atoms with E-state index in [1.807, 2.05) is 30.9 Å². The second-order valence-corrected chi connectivity index (χ2v) is 7.94. The van der Waals surface area contributed by atoms with Crippen LogP contribution >= 0.6 is 11.6 Å². The number of anilines is 1. The van der Waals surface area contributed by atoms with Gasteiger partial charge in [-0.15, -0.1) is 0 Å². The Morgan fingerprint density at radius 2 is 2.00 bits per heavy atom. The molecule has 2 amide bonds. The van der Waals surface area contributed by atoms with E-state index in [0.717, 1.165) is 36.9 Å². The molecule has 2 aliphatic rings. The first-order valence-corrected chi connectivity index (χ1v) is 9.66. The number of carbonyl (C=O) groups is 2. The molecule has 1 aromatic rings. The fraction of sp³-hybridized carbons (Fsp3) is 0.600. The number of hydrogen-bond donors (Lipinski definition) is 1. The summed E-state index contributed by atoms with van der Waals surface area (Å²) in [4.78, 5) is 28.0. The molecule has 1 aromatic carbocycles. The number of hydrogen-bond acceptors (Lipinski definition) is 2. The van der Waals surface area contributed by atoms with E-state index in [9.17, 15) is 9.59 Å². The maximum absolute atomic E-state index is 13.1. The van der Waals surface area contributed by atoms with Crippen LogP contribution < -0.4 is 5.32 Å². The first kappa shape index (κ1) is 18.2.